The van der Waals surface area contributed by atoms with Gasteiger partial charge in [0.1, 0.15) is 0 Å². The molecule has 0 aromatic carbocycles. The normalized spacial score (nSPS) is 12.5. The van der Waals surface area contributed by atoms with Gasteiger partial charge in [0.2, 0.25) is 0 Å². The van der Waals surface area contributed by atoms with Gasteiger partial charge in [-0.2, -0.15) is 0 Å². The second-order valence-electron chi connectivity index (χ2n) is 2.77. The Labute approximate surface area is 68.2 Å². The van der Waals surface area contributed by atoms with E-state index in [9.17, 15) is 10.4 Å². The van der Waals surface area contributed by atoms with Crippen LogP contribution in [0.4, 0.5) is 0 Å². The van der Waals surface area contributed by atoms with Crippen molar-refractivity contribution in [3.8, 4) is 0 Å². The van der Waals surface area contributed by atoms with Crippen molar-refractivity contribution in [2.75, 3.05) is 33.2 Å². The topological polar surface area (TPSA) is 49.4 Å². The highest BCUT2D eigenvalue weighted by atomic mass is 16.5. The summed E-state index contributed by atoms with van der Waals surface area (Å²) in [6.07, 6.45) is 0. The first kappa shape index (κ1) is 10.8. The third kappa shape index (κ3) is 4.31. The van der Waals surface area contributed by atoms with E-state index in [2.05, 4.69) is 0 Å². The first-order valence-electron chi connectivity index (χ1n) is 3.99. The van der Waals surface area contributed by atoms with Crippen LogP contribution in [-0.2, 0) is 0 Å². The van der Waals surface area contributed by atoms with Crippen molar-refractivity contribution < 1.29 is 4.65 Å². The first-order chi connectivity index (χ1) is 5.04. The van der Waals surface area contributed by atoms with Crippen LogP contribution >= 0.6 is 0 Å². The molecule has 0 aromatic heterocycles. The van der Waals surface area contributed by atoms with E-state index in [1.165, 1.54) is 7.05 Å². The molecule has 0 aliphatic rings. The van der Waals surface area contributed by atoms with Crippen LogP contribution in [0.2, 0.25) is 0 Å². The summed E-state index contributed by atoms with van der Waals surface area (Å²) in [6.45, 7) is 5.51. The quantitative estimate of drug-likeness (QED) is 0.442. The van der Waals surface area contributed by atoms with Gasteiger partial charge in [-0.15, -0.1) is 0 Å². The molecule has 0 rings (SSSR count). The average Bonchev–Trinajstić information content (AvgIpc) is 2.00. The first-order valence-corrected chi connectivity index (χ1v) is 3.99. The van der Waals surface area contributed by atoms with Gasteiger partial charge in [0, 0.05) is 6.54 Å². The van der Waals surface area contributed by atoms with Crippen LogP contribution in [0.1, 0.15) is 13.8 Å². The monoisotopic (exact) mass is 161 g/mol. The number of hydrogen-bond acceptors (Lipinski definition) is 3. The average molecular weight is 161 g/mol. The van der Waals surface area contributed by atoms with Gasteiger partial charge in [0.05, 0.1) is 19.6 Å². The minimum Gasteiger partial charge on any atom is -0.785 e. The number of hydroxylamine groups is 5. The SMILES string of the molecule is CC[N+]([O-])(CC)CCN(C)[O-]. The van der Waals surface area contributed by atoms with Crippen molar-refractivity contribution in [2.24, 2.45) is 0 Å². The number of hydrogen-bond donors (Lipinski definition) is 0. The van der Waals surface area contributed by atoms with Gasteiger partial charge in [-0.1, -0.05) is 0 Å². The Balaban J connectivity index is 3.69. The lowest BCUT2D eigenvalue weighted by Crippen LogP contribution is -2.45. The molecule has 0 fully saturated rings. The Hall–Kier alpha value is -0.160. The van der Waals surface area contributed by atoms with E-state index < -0.39 is 0 Å². The van der Waals surface area contributed by atoms with Gasteiger partial charge in [-0.3, -0.25) is 0 Å². The zero-order valence-corrected chi connectivity index (χ0v) is 7.54. The largest absolute Gasteiger partial charge is 0.785 e. The molecule has 0 aliphatic carbocycles. The summed E-state index contributed by atoms with van der Waals surface area (Å²) in [4.78, 5) is 0. The molecule has 0 spiro atoms. The summed E-state index contributed by atoms with van der Waals surface area (Å²) in [6, 6.07) is 0. The molecule has 0 saturated heterocycles. The molecule has 68 valence electrons. The Kier molecular flexibility index (Phi) is 4.60. The van der Waals surface area contributed by atoms with Gasteiger partial charge in [0.25, 0.3) is 0 Å². The van der Waals surface area contributed by atoms with E-state index in [1.54, 1.807) is 0 Å². The van der Waals surface area contributed by atoms with Crippen molar-refractivity contribution in [3.63, 3.8) is 0 Å². The third-order valence-electron chi connectivity index (χ3n) is 1.98. The Morgan fingerprint density at radius 3 is 2.00 bits per heavy atom. The summed E-state index contributed by atoms with van der Waals surface area (Å²) in [5.41, 5.74) is 0. The van der Waals surface area contributed by atoms with Crippen LogP contribution in [0.25, 0.3) is 0 Å². The Morgan fingerprint density at radius 1 is 1.27 bits per heavy atom. The summed E-state index contributed by atoms with van der Waals surface area (Å²) in [7, 11) is 1.44. The summed E-state index contributed by atoms with van der Waals surface area (Å²) in [5.74, 6) is 0. The van der Waals surface area contributed by atoms with E-state index in [4.69, 9.17) is 0 Å². The van der Waals surface area contributed by atoms with E-state index in [-0.39, 0.29) is 4.65 Å². The van der Waals surface area contributed by atoms with Crippen molar-refractivity contribution >= 4 is 0 Å². The Morgan fingerprint density at radius 2 is 1.73 bits per heavy atom. The maximum atomic E-state index is 11.5. The minimum absolute atomic E-state index is 0.257. The maximum Gasteiger partial charge on any atom is 0.0903 e. The van der Waals surface area contributed by atoms with E-state index in [1.807, 2.05) is 13.8 Å². The highest BCUT2D eigenvalue weighted by Crippen LogP contribution is 2.01. The van der Waals surface area contributed by atoms with Gasteiger partial charge < -0.3 is 20.1 Å². The van der Waals surface area contributed by atoms with Crippen molar-refractivity contribution in [1.29, 1.82) is 0 Å². The molecule has 0 aromatic rings. The van der Waals surface area contributed by atoms with Crippen LogP contribution in [0.15, 0.2) is 0 Å². The lowest BCUT2D eigenvalue weighted by atomic mass is 10.4. The molecular formula is C7H17N2O2-. The zero-order chi connectivity index (χ0) is 8.91. The van der Waals surface area contributed by atoms with E-state index in [0.29, 0.717) is 26.2 Å². The molecule has 0 saturated carbocycles. The predicted octanol–water partition coefficient (Wildman–Crippen LogP) is 0.770. The number of likely N-dealkylation sites (N-methyl/N-ethyl adjacent to an activating group) is 2. The second kappa shape index (κ2) is 4.66. The lowest BCUT2D eigenvalue weighted by Gasteiger charge is -2.42. The molecular weight excluding hydrogens is 144 g/mol. The lowest BCUT2D eigenvalue weighted by molar-refractivity contribution is -0.876. The highest BCUT2D eigenvalue weighted by Gasteiger charge is 2.09. The molecule has 0 N–H and O–H groups in total. The molecule has 0 radical (unpaired) electrons. The van der Waals surface area contributed by atoms with Crippen LogP contribution in [0, 0.1) is 10.4 Å². The highest BCUT2D eigenvalue weighted by molar-refractivity contribution is 4.49. The maximum absolute atomic E-state index is 11.5. The van der Waals surface area contributed by atoms with Crippen molar-refractivity contribution in [3.05, 3.63) is 10.4 Å². The van der Waals surface area contributed by atoms with Crippen LogP contribution in [-0.4, -0.2) is 42.9 Å². The molecule has 11 heavy (non-hydrogen) atoms. The molecule has 0 unspecified atom stereocenters. The summed E-state index contributed by atoms with van der Waals surface area (Å²) < 4.78 is -0.257. The summed E-state index contributed by atoms with van der Waals surface area (Å²) in [5, 5.41) is 22.8. The van der Waals surface area contributed by atoms with Crippen LogP contribution < -0.4 is 0 Å². The molecule has 0 atom stereocenters. The molecule has 0 bridgehead atoms. The Bertz CT molecular complexity index is 103. The fourth-order valence-corrected chi connectivity index (χ4v) is 0.863. The smallest absolute Gasteiger partial charge is 0.0903 e. The van der Waals surface area contributed by atoms with Crippen LogP contribution in [0.5, 0.6) is 0 Å². The molecule has 0 heterocycles. The number of quaternary nitrogens is 1. The van der Waals surface area contributed by atoms with Crippen molar-refractivity contribution in [2.45, 2.75) is 13.8 Å². The number of rotatable bonds is 5. The minimum atomic E-state index is -0.257. The second-order valence-corrected chi connectivity index (χ2v) is 2.77. The molecule has 4 heteroatoms. The summed E-state index contributed by atoms with van der Waals surface area (Å²) >= 11 is 0. The molecule has 4 nitrogen and oxygen atoms in total. The van der Waals surface area contributed by atoms with Gasteiger partial charge >= 0.3 is 0 Å². The van der Waals surface area contributed by atoms with Gasteiger partial charge in [0.15, 0.2) is 0 Å². The van der Waals surface area contributed by atoms with Crippen molar-refractivity contribution in [1.82, 2.24) is 5.06 Å². The molecule has 0 amide bonds. The van der Waals surface area contributed by atoms with E-state index >= 15 is 0 Å². The zero-order valence-electron chi connectivity index (χ0n) is 7.54. The van der Waals surface area contributed by atoms with E-state index in [0.717, 1.165) is 5.06 Å². The molecule has 0 aliphatic heterocycles. The fraction of sp³-hybridized carbons (Fsp3) is 1.00. The fourth-order valence-electron chi connectivity index (χ4n) is 0.863. The standard InChI is InChI=1S/C7H17N2O2/c1-4-9(11,5-2)7-6-8(3)10/h4-7H2,1-3H3/q-1. The van der Waals surface area contributed by atoms with Gasteiger partial charge in [-0.25, -0.2) is 0 Å². The predicted molar refractivity (Wildman–Crippen MR) is 45.6 cm³/mol. The van der Waals surface area contributed by atoms with Gasteiger partial charge in [-0.05, 0) is 20.9 Å². The number of nitrogens with zero attached hydrogens (tertiary/aromatic N) is 2. The van der Waals surface area contributed by atoms with Crippen LogP contribution in [0.3, 0.4) is 0 Å². The third-order valence-corrected chi connectivity index (χ3v) is 1.98.